The molecule has 8 nitrogen and oxygen atoms in total. The van der Waals surface area contributed by atoms with Crippen LogP contribution in [0.25, 0.3) is 16.7 Å². The normalized spacial score (nSPS) is 11.0. The fourth-order valence-electron chi connectivity index (χ4n) is 3.56. The van der Waals surface area contributed by atoms with Crippen LogP contribution in [-0.4, -0.2) is 25.7 Å². The van der Waals surface area contributed by atoms with Gasteiger partial charge < -0.3 is 15.0 Å². The fraction of sp³-hybridized carbons (Fsp3) is 0.0400. The standard InChI is InChI=1S/C25H16F3N5O3/c1-13-10-22(34)33(15-3-4-17(26)18(27)12-15)32-23(13)25(35)31-14-2-5-21(19(28)11-14)36-20-7-9-30-24-16(20)6-8-29-24/h2-12H,1H3,(H,29,30)(H,31,35). The number of hydrogen-bond donors (Lipinski definition) is 2. The van der Waals surface area contributed by atoms with Crippen molar-refractivity contribution >= 4 is 22.6 Å². The highest BCUT2D eigenvalue weighted by Crippen LogP contribution is 2.31. The number of hydrogen-bond acceptors (Lipinski definition) is 5. The number of amides is 1. The van der Waals surface area contributed by atoms with Crippen LogP contribution in [0.2, 0.25) is 0 Å². The lowest BCUT2D eigenvalue weighted by Gasteiger charge is -2.12. The average molecular weight is 491 g/mol. The number of aromatic nitrogens is 4. The molecule has 0 aliphatic heterocycles. The van der Waals surface area contributed by atoms with E-state index in [1.807, 2.05) is 0 Å². The summed E-state index contributed by atoms with van der Waals surface area (Å²) in [4.78, 5) is 32.3. The van der Waals surface area contributed by atoms with Crippen LogP contribution < -0.4 is 15.6 Å². The number of aryl methyl sites for hydroxylation is 1. The summed E-state index contributed by atoms with van der Waals surface area (Å²) in [5.41, 5.74) is 0.0718. The van der Waals surface area contributed by atoms with Crippen molar-refractivity contribution in [3.8, 4) is 17.2 Å². The highest BCUT2D eigenvalue weighted by molar-refractivity contribution is 6.03. The Morgan fingerprint density at radius 2 is 1.81 bits per heavy atom. The van der Waals surface area contributed by atoms with Crippen LogP contribution in [0.4, 0.5) is 18.9 Å². The van der Waals surface area contributed by atoms with E-state index in [1.165, 1.54) is 25.3 Å². The molecule has 0 saturated carbocycles. The maximum atomic E-state index is 14.8. The average Bonchev–Trinajstić information content (AvgIpc) is 3.33. The number of pyridine rings is 1. The number of nitrogens with zero attached hydrogens (tertiary/aromatic N) is 3. The summed E-state index contributed by atoms with van der Waals surface area (Å²) in [5, 5.41) is 7.19. The lowest BCUT2D eigenvalue weighted by atomic mass is 10.2. The number of halogens is 3. The highest BCUT2D eigenvalue weighted by atomic mass is 19.2. The van der Waals surface area contributed by atoms with Crippen molar-refractivity contribution in [2.24, 2.45) is 0 Å². The van der Waals surface area contributed by atoms with Crippen molar-refractivity contribution in [3.05, 3.63) is 106 Å². The molecule has 3 aromatic heterocycles. The molecule has 0 bridgehead atoms. The van der Waals surface area contributed by atoms with E-state index in [0.717, 1.165) is 35.0 Å². The minimum Gasteiger partial charge on any atom is -0.453 e. The molecule has 0 aliphatic rings. The van der Waals surface area contributed by atoms with Gasteiger partial charge in [-0.3, -0.25) is 9.59 Å². The molecular formula is C25H16F3N5O3. The Morgan fingerprint density at radius 3 is 2.58 bits per heavy atom. The van der Waals surface area contributed by atoms with Crippen LogP contribution in [0.1, 0.15) is 16.1 Å². The number of nitrogens with one attached hydrogen (secondary N) is 2. The number of aromatic amines is 1. The number of fused-ring (bicyclic) bond motifs is 1. The summed E-state index contributed by atoms with van der Waals surface area (Å²) in [6.45, 7) is 1.49. The molecule has 0 saturated heterocycles. The number of rotatable bonds is 5. The van der Waals surface area contributed by atoms with E-state index in [0.29, 0.717) is 16.8 Å². The summed E-state index contributed by atoms with van der Waals surface area (Å²) in [7, 11) is 0. The van der Waals surface area contributed by atoms with Gasteiger partial charge in [-0.15, -0.1) is 0 Å². The van der Waals surface area contributed by atoms with Crippen molar-refractivity contribution in [2.75, 3.05) is 5.32 Å². The summed E-state index contributed by atoms with van der Waals surface area (Å²) in [5.74, 6) is -3.40. The predicted octanol–water partition coefficient (Wildman–Crippen LogP) is 4.88. The lowest BCUT2D eigenvalue weighted by molar-refractivity contribution is 0.102. The number of benzene rings is 2. The Morgan fingerprint density at radius 1 is 0.972 bits per heavy atom. The van der Waals surface area contributed by atoms with E-state index in [-0.39, 0.29) is 28.4 Å². The molecule has 0 fully saturated rings. The number of carbonyl (C=O) groups excluding carboxylic acids is 1. The van der Waals surface area contributed by atoms with Gasteiger partial charge in [0.1, 0.15) is 11.4 Å². The van der Waals surface area contributed by atoms with E-state index in [4.69, 9.17) is 4.74 Å². The second-order valence-electron chi connectivity index (χ2n) is 7.77. The molecular weight excluding hydrogens is 475 g/mol. The second-order valence-corrected chi connectivity index (χ2v) is 7.77. The quantitative estimate of drug-likeness (QED) is 0.365. The smallest absolute Gasteiger partial charge is 0.276 e. The van der Waals surface area contributed by atoms with Crippen LogP contribution >= 0.6 is 0 Å². The molecule has 180 valence electrons. The molecule has 36 heavy (non-hydrogen) atoms. The molecule has 5 rings (SSSR count). The molecule has 0 atom stereocenters. The second kappa shape index (κ2) is 9.02. The van der Waals surface area contributed by atoms with Crippen LogP contribution in [-0.2, 0) is 0 Å². The minimum absolute atomic E-state index is 0.0619. The van der Waals surface area contributed by atoms with Gasteiger partial charge in [-0.1, -0.05) is 0 Å². The van der Waals surface area contributed by atoms with Crippen molar-refractivity contribution in [2.45, 2.75) is 6.92 Å². The highest BCUT2D eigenvalue weighted by Gasteiger charge is 2.17. The summed E-state index contributed by atoms with van der Waals surface area (Å²) in [6, 6.07) is 11.1. The first kappa shape index (κ1) is 22.8. The van der Waals surface area contributed by atoms with Crippen molar-refractivity contribution in [1.29, 1.82) is 0 Å². The van der Waals surface area contributed by atoms with E-state index in [1.54, 1.807) is 18.3 Å². The van der Waals surface area contributed by atoms with Gasteiger partial charge in [0, 0.05) is 36.3 Å². The summed E-state index contributed by atoms with van der Waals surface area (Å²) in [6.07, 6.45) is 3.21. The largest absolute Gasteiger partial charge is 0.453 e. The van der Waals surface area contributed by atoms with Crippen molar-refractivity contribution in [3.63, 3.8) is 0 Å². The zero-order valence-corrected chi connectivity index (χ0v) is 18.6. The number of ether oxygens (including phenoxy) is 1. The van der Waals surface area contributed by atoms with Gasteiger partial charge in [0.05, 0.1) is 11.1 Å². The molecule has 0 aliphatic carbocycles. The molecule has 2 N–H and O–H groups in total. The van der Waals surface area contributed by atoms with Gasteiger partial charge in [0.15, 0.2) is 28.9 Å². The summed E-state index contributed by atoms with van der Waals surface area (Å²) < 4.78 is 48.2. The Bertz CT molecular complexity index is 1700. The number of carbonyl (C=O) groups is 1. The van der Waals surface area contributed by atoms with E-state index < -0.39 is 28.9 Å². The number of H-pyrrole nitrogens is 1. The number of anilines is 1. The van der Waals surface area contributed by atoms with Crippen molar-refractivity contribution < 1.29 is 22.7 Å². The Hall–Kier alpha value is -4.93. The van der Waals surface area contributed by atoms with Crippen LogP contribution in [0, 0.1) is 24.4 Å². The van der Waals surface area contributed by atoms with E-state index >= 15 is 0 Å². The monoisotopic (exact) mass is 491 g/mol. The zero-order chi connectivity index (χ0) is 25.4. The Labute approximate surface area is 201 Å². The molecule has 5 aromatic rings. The van der Waals surface area contributed by atoms with Crippen LogP contribution in [0.3, 0.4) is 0 Å². The molecule has 0 unspecified atom stereocenters. The van der Waals surface area contributed by atoms with Crippen LogP contribution in [0.5, 0.6) is 11.5 Å². The maximum absolute atomic E-state index is 14.8. The van der Waals surface area contributed by atoms with Gasteiger partial charge in [0.2, 0.25) is 0 Å². The summed E-state index contributed by atoms with van der Waals surface area (Å²) >= 11 is 0. The predicted molar refractivity (Wildman–Crippen MR) is 125 cm³/mol. The first-order valence-corrected chi connectivity index (χ1v) is 10.6. The van der Waals surface area contributed by atoms with Gasteiger partial charge in [-0.05, 0) is 48.9 Å². The maximum Gasteiger partial charge on any atom is 0.276 e. The van der Waals surface area contributed by atoms with Crippen LogP contribution in [0.15, 0.2) is 71.8 Å². The molecule has 3 heterocycles. The van der Waals surface area contributed by atoms with Gasteiger partial charge >= 0.3 is 0 Å². The van der Waals surface area contributed by atoms with Gasteiger partial charge in [-0.2, -0.15) is 9.78 Å². The van der Waals surface area contributed by atoms with Gasteiger partial charge in [0.25, 0.3) is 11.5 Å². The van der Waals surface area contributed by atoms with Crippen molar-refractivity contribution in [1.82, 2.24) is 19.7 Å². The third-order valence-electron chi connectivity index (χ3n) is 5.31. The van der Waals surface area contributed by atoms with Gasteiger partial charge in [-0.25, -0.2) is 18.2 Å². The molecule has 1 amide bonds. The first-order valence-electron chi connectivity index (χ1n) is 10.6. The van der Waals surface area contributed by atoms with E-state index in [9.17, 15) is 22.8 Å². The van der Waals surface area contributed by atoms with E-state index in [2.05, 4.69) is 20.4 Å². The lowest BCUT2D eigenvalue weighted by Crippen LogP contribution is -2.26. The zero-order valence-electron chi connectivity index (χ0n) is 18.6. The third-order valence-corrected chi connectivity index (χ3v) is 5.31. The Kier molecular flexibility index (Phi) is 5.72. The third kappa shape index (κ3) is 4.29. The molecule has 11 heteroatoms. The minimum atomic E-state index is -1.17. The Balaban J connectivity index is 1.39. The topological polar surface area (TPSA) is 102 Å². The fourth-order valence-corrected chi connectivity index (χ4v) is 3.56. The molecule has 2 aromatic carbocycles. The first-order chi connectivity index (χ1) is 17.3. The molecule has 0 radical (unpaired) electrons. The molecule has 0 spiro atoms. The SMILES string of the molecule is Cc1cc(=O)n(-c2ccc(F)c(F)c2)nc1C(=O)Nc1ccc(Oc2ccnc3[nH]ccc23)c(F)c1.